The summed E-state index contributed by atoms with van der Waals surface area (Å²) >= 11 is 0. The number of hydrogen-bond acceptors (Lipinski definition) is 3. The Morgan fingerprint density at radius 2 is 2.12 bits per heavy atom. The maximum Gasteiger partial charge on any atom is 0.326 e. The highest BCUT2D eigenvalue weighted by Gasteiger charge is 2.33. The molecule has 2 N–H and O–H groups in total. The zero-order valence-corrected chi connectivity index (χ0v) is 10.4. The number of carboxylic acids is 1. The summed E-state index contributed by atoms with van der Waals surface area (Å²) < 4.78 is 0. The van der Waals surface area contributed by atoms with Crippen molar-refractivity contribution in [1.29, 1.82) is 0 Å². The van der Waals surface area contributed by atoms with Gasteiger partial charge >= 0.3 is 5.97 Å². The Labute approximate surface area is 101 Å². The van der Waals surface area contributed by atoms with E-state index in [-0.39, 0.29) is 5.54 Å². The van der Waals surface area contributed by atoms with Gasteiger partial charge in [0.2, 0.25) is 0 Å². The molecule has 1 aromatic carbocycles. The molecule has 0 saturated carbocycles. The van der Waals surface area contributed by atoms with E-state index in [4.69, 9.17) is 5.11 Å². The highest BCUT2D eigenvalue weighted by atomic mass is 16.4. The lowest BCUT2D eigenvalue weighted by Gasteiger charge is -2.43. The SMILES string of the molecule is CC(C(=O)O)N1CC(C)(C)Nc2ccccc21. The van der Waals surface area contributed by atoms with Crippen molar-refractivity contribution in [3.8, 4) is 0 Å². The van der Waals surface area contributed by atoms with Crippen LogP contribution in [0.2, 0.25) is 0 Å². The molecule has 1 aliphatic heterocycles. The molecule has 0 fully saturated rings. The van der Waals surface area contributed by atoms with E-state index in [2.05, 4.69) is 19.2 Å². The molecule has 1 atom stereocenters. The molecule has 1 aromatic rings. The number of para-hydroxylation sites is 2. The molecule has 1 unspecified atom stereocenters. The fourth-order valence-corrected chi connectivity index (χ4v) is 2.22. The van der Waals surface area contributed by atoms with Crippen LogP contribution in [0, 0.1) is 0 Å². The Kier molecular flexibility index (Phi) is 2.73. The van der Waals surface area contributed by atoms with Crippen LogP contribution in [0.25, 0.3) is 0 Å². The van der Waals surface area contributed by atoms with Crippen LogP contribution in [0.4, 0.5) is 11.4 Å². The summed E-state index contributed by atoms with van der Waals surface area (Å²) in [5.74, 6) is -0.794. The molecule has 92 valence electrons. The van der Waals surface area contributed by atoms with Gasteiger partial charge in [0.1, 0.15) is 6.04 Å². The summed E-state index contributed by atoms with van der Waals surface area (Å²) in [5, 5.41) is 12.6. The number of rotatable bonds is 2. The Hall–Kier alpha value is -1.71. The van der Waals surface area contributed by atoms with Gasteiger partial charge in [-0.3, -0.25) is 0 Å². The predicted octanol–water partition coefficient (Wildman–Crippen LogP) is 2.17. The lowest BCUT2D eigenvalue weighted by Crippen LogP contribution is -2.53. The number of anilines is 2. The first kappa shape index (κ1) is 11.8. The predicted molar refractivity (Wildman–Crippen MR) is 68.6 cm³/mol. The molecule has 0 amide bonds. The first-order valence-electron chi connectivity index (χ1n) is 5.77. The number of aliphatic carboxylic acids is 1. The van der Waals surface area contributed by atoms with Crippen LogP contribution in [0.15, 0.2) is 24.3 Å². The second kappa shape index (κ2) is 3.95. The van der Waals surface area contributed by atoms with Gasteiger partial charge in [0.05, 0.1) is 11.4 Å². The second-order valence-corrected chi connectivity index (χ2v) is 5.17. The number of carbonyl (C=O) groups is 1. The van der Waals surface area contributed by atoms with Crippen molar-refractivity contribution in [2.45, 2.75) is 32.4 Å². The van der Waals surface area contributed by atoms with Gasteiger partial charge in [-0.15, -0.1) is 0 Å². The summed E-state index contributed by atoms with van der Waals surface area (Å²) in [6.07, 6.45) is 0. The van der Waals surface area contributed by atoms with Crippen molar-refractivity contribution < 1.29 is 9.90 Å². The second-order valence-electron chi connectivity index (χ2n) is 5.17. The molecule has 1 heterocycles. The third-order valence-corrected chi connectivity index (χ3v) is 3.08. The van der Waals surface area contributed by atoms with Gasteiger partial charge < -0.3 is 15.3 Å². The zero-order valence-electron chi connectivity index (χ0n) is 10.4. The monoisotopic (exact) mass is 234 g/mol. The summed E-state index contributed by atoms with van der Waals surface area (Å²) in [4.78, 5) is 13.1. The first-order chi connectivity index (χ1) is 7.91. The number of fused-ring (bicyclic) bond motifs is 1. The van der Waals surface area contributed by atoms with E-state index in [1.807, 2.05) is 29.2 Å². The van der Waals surface area contributed by atoms with E-state index in [9.17, 15) is 4.79 Å². The standard InChI is InChI=1S/C13H18N2O2/c1-9(12(16)17)15-8-13(2,3)14-10-6-4-5-7-11(10)15/h4-7,9,14H,8H2,1-3H3,(H,16,17). The third kappa shape index (κ3) is 2.20. The van der Waals surface area contributed by atoms with Gasteiger partial charge in [0.15, 0.2) is 0 Å². The number of hydrogen-bond donors (Lipinski definition) is 2. The number of nitrogens with one attached hydrogen (secondary N) is 1. The zero-order chi connectivity index (χ0) is 12.6. The average Bonchev–Trinajstić information content (AvgIpc) is 2.25. The molecule has 2 rings (SSSR count). The molecule has 0 radical (unpaired) electrons. The molecule has 0 saturated heterocycles. The van der Waals surface area contributed by atoms with Gasteiger partial charge in [0.25, 0.3) is 0 Å². The Morgan fingerprint density at radius 3 is 2.76 bits per heavy atom. The van der Waals surface area contributed by atoms with E-state index in [0.29, 0.717) is 6.54 Å². The summed E-state index contributed by atoms with van der Waals surface area (Å²) in [6, 6.07) is 7.31. The van der Waals surface area contributed by atoms with Gasteiger partial charge in [-0.2, -0.15) is 0 Å². The third-order valence-electron chi connectivity index (χ3n) is 3.08. The highest BCUT2D eigenvalue weighted by molar-refractivity contribution is 5.82. The van der Waals surface area contributed by atoms with Crippen molar-refractivity contribution in [2.75, 3.05) is 16.8 Å². The van der Waals surface area contributed by atoms with Crippen molar-refractivity contribution in [2.24, 2.45) is 0 Å². The first-order valence-corrected chi connectivity index (χ1v) is 5.77. The summed E-state index contributed by atoms with van der Waals surface area (Å²) in [5.41, 5.74) is 1.83. The Bertz CT molecular complexity index is 443. The lowest BCUT2D eigenvalue weighted by molar-refractivity contribution is -0.138. The molecular formula is C13H18N2O2. The Morgan fingerprint density at radius 1 is 1.47 bits per heavy atom. The fraction of sp³-hybridized carbons (Fsp3) is 0.462. The van der Waals surface area contributed by atoms with Crippen LogP contribution < -0.4 is 10.2 Å². The maximum atomic E-state index is 11.2. The number of carboxylic acid groups (broad SMARTS) is 1. The smallest absolute Gasteiger partial charge is 0.326 e. The number of nitrogens with zero attached hydrogens (tertiary/aromatic N) is 1. The van der Waals surface area contributed by atoms with Crippen LogP contribution in [0.1, 0.15) is 20.8 Å². The van der Waals surface area contributed by atoms with Gasteiger partial charge in [-0.25, -0.2) is 4.79 Å². The normalized spacial score (nSPS) is 19.1. The average molecular weight is 234 g/mol. The van der Waals surface area contributed by atoms with E-state index in [1.165, 1.54) is 0 Å². The number of benzene rings is 1. The van der Waals surface area contributed by atoms with Crippen molar-refractivity contribution >= 4 is 17.3 Å². The van der Waals surface area contributed by atoms with Gasteiger partial charge in [-0.1, -0.05) is 12.1 Å². The van der Waals surface area contributed by atoms with Crippen LogP contribution in [-0.4, -0.2) is 29.2 Å². The van der Waals surface area contributed by atoms with Crippen molar-refractivity contribution in [3.05, 3.63) is 24.3 Å². The van der Waals surface area contributed by atoms with Crippen LogP contribution in [0.5, 0.6) is 0 Å². The molecule has 4 nitrogen and oxygen atoms in total. The van der Waals surface area contributed by atoms with E-state index < -0.39 is 12.0 Å². The van der Waals surface area contributed by atoms with Crippen LogP contribution in [-0.2, 0) is 4.79 Å². The minimum Gasteiger partial charge on any atom is -0.480 e. The van der Waals surface area contributed by atoms with Crippen LogP contribution in [0.3, 0.4) is 0 Å². The molecule has 0 aliphatic carbocycles. The van der Waals surface area contributed by atoms with E-state index in [1.54, 1.807) is 6.92 Å². The highest BCUT2D eigenvalue weighted by Crippen LogP contribution is 2.35. The molecular weight excluding hydrogens is 216 g/mol. The van der Waals surface area contributed by atoms with E-state index in [0.717, 1.165) is 11.4 Å². The topological polar surface area (TPSA) is 52.6 Å². The maximum absolute atomic E-state index is 11.2. The molecule has 0 spiro atoms. The fourth-order valence-electron chi connectivity index (χ4n) is 2.22. The molecule has 0 bridgehead atoms. The largest absolute Gasteiger partial charge is 0.480 e. The lowest BCUT2D eigenvalue weighted by atomic mass is 9.98. The summed E-state index contributed by atoms with van der Waals surface area (Å²) in [6.45, 7) is 6.55. The van der Waals surface area contributed by atoms with Crippen molar-refractivity contribution in [1.82, 2.24) is 0 Å². The Balaban J connectivity index is 2.43. The molecule has 1 aliphatic rings. The van der Waals surface area contributed by atoms with E-state index >= 15 is 0 Å². The van der Waals surface area contributed by atoms with Gasteiger partial charge in [-0.05, 0) is 32.9 Å². The molecule has 17 heavy (non-hydrogen) atoms. The minimum absolute atomic E-state index is 0.127. The molecule has 4 heteroatoms. The molecule has 0 aromatic heterocycles. The van der Waals surface area contributed by atoms with Gasteiger partial charge in [0, 0.05) is 12.1 Å². The van der Waals surface area contributed by atoms with Crippen LogP contribution >= 0.6 is 0 Å². The summed E-state index contributed by atoms with van der Waals surface area (Å²) in [7, 11) is 0. The minimum atomic E-state index is -0.794. The quantitative estimate of drug-likeness (QED) is 0.823. The van der Waals surface area contributed by atoms with Crippen molar-refractivity contribution in [3.63, 3.8) is 0 Å².